The summed E-state index contributed by atoms with van der Waals surface area (Å²) in [6, 6.07) is 3.65. The predicted molar refractivity (Wildman–Crippen MR) is 58.0 cm³/mol. The Morgan fingerprint density at radius 1 is 1.42 bits per heavy atom. The van der Waals surface area contributed by atoms with Gasteiger partial charge >= 0.3 is 0 Å². The first-order valence-corrected chi connectivity index (χ1v) is 5.39. The predicted octanol–water partition coefficient (Wildman–Crippen LogP) is 4.26. The van der Waals surface area contributed by atoms with Crippen LogP contribution in [-0.4, -0.2) is 6.61 Å². The van der Waals surface area contributed by atoms with Crippen LogP contribution >= 0.6 is 43.5 Å². The van der Waals surface area contributed by atoms with Crippen molar-refractivity contribution in [2.24, 2.45) is 0 Å². The number of ether oxygens (including phenoxy) is 1. The number of benzene rings is 1. The second-order valence-electron chi connectivity index (χ2n) is 2.13. The second kappa shape index (κ2) is 4.49. The van der Waals surface area contributed by atoms with Crippen molar-refractivity contribution >= 4 is 43.5 Å². The van der Waals surface area contributed by atoms with Gasteiger partial charge in [-0.3, -0.25) is 0 Å². The van der Waals surface area contributed by atoms with Gasteiger partial charge in [0.15, 0.2) is 0 Å². The standard InChI is InChI=1S/C8H7Br2ClO/c1-2-12-5-3-6(9)8(10)7(11)4-5/h3-4H,2H2,1H3. The van der Waals surface area contributed by atoms with Crippen LogP contribution < -0.4 is 4.74 Å². The molecule has 1 rings (SSSR count). The highest BCUT2D eigenvalue weighted by Crippen LogP contribution is 2.34. The molecule has 1 aromatic carbocycles. The fraction of sp³-hybridized carbons (Fsp3) is 0.250. The minimum Gasteiger partial charge on any atom is -0.494 e. The van der Waals surface area contributed by atoms with Crippen LogP contribution in [-0.2, 0) is 0 Å². The highest BCUT2D eigenvalue weighted by atomic mass is 79.9. The van der Waals surface area contributed by atoms with Crippen LogP contribution in [0.1, 0.15) is 6.92 Å². The van der Waals surface area contributed by atoms with E-state index in [9.17, 15) is 0 Å². The highest BCUT2D eigenvalue weighted by molar-refractivity contribution is 9.13. The topological polar surface area (TPSA) is 9.23 Å². The van der Waals surface area contributed by atoms with Gasteiger partial charge in [-0.2, -0.15) is 0 Å². The zero-order valence-corrected chi connectivity index (χ0v) is 10.3. The molecule has 0 aromatic heterocycles. The molecule has 0 spiro atoms. The first-order chi connectivity index (χ1) is 5.65. The molecule has 0 aliphatic heterocycles. The lowest BCUT2D eigenvalue weighted by atomic mass is 10.3. The van der Waals surface area contributed by atoms with Gasteiger partial charge in [0.1, 0.15) is 5.75 Å². The van der Waals surface area contributed by atoms with Gasteiger partial charge in [0, 0.05) is 4.47 Å². The van der Waals surface area contributed by atoms with E-state index in [1.165, 1.54) is 0 Å². The van der Waals surface area contributed by atoms with Gasteiger partial charge in [-0.25, -0.2) is 0 Å². The number of hydrogen-bond acceptors (Lipinski definition) is 1. The molecule has 0 aliphatic rings. The summed E-state index contributed by atoms with van der Waals surface area (Å²) in [4.78, 5) is 0. The molecule has 4 heteroatoms. The third-order valence-electron chi connectivity index (χ3n) is 1.27. The lowest BCUT2D eigenvalue weighted by Gasteiger charge is -2.05. The zero-order chi connectivity index (χ0) is 9.14. The van der Waals surface area contributed by atoms with Gasteiger partial charge in [0.25, 0.3) is 0 Å². The van der Waals surface area contributed by atoms with Crippen molar-refractivity contribution in [1.82, 2.24) is 0 Å². The van der Waals surface area contributed by atoms with E-state index in [2.05, 4.69) is 31.9 Å². The second-order valence-corrected chi connectivity index (χ2v) is 4.19. The van der Waals surface area contributed by atoms with E-state index in [0.29, 0.717) is 11.6 Å². The highest BCUT2D eigenvalue weighted by Gasteiger charge is 2.04. The van der Waals surface area contributed by atoms with Gasteiger partial charge in [-0.05, 0) is 50.9 Å². The Kier molecular flexibility index (Phi) is 3.87. The minimum atomic E-state index is 0.643. The molecule has 12 heavy (non-hydrogen) atoms. The summed E-state index contributed by atoms with van der Waals surface area (Å²) >= 11 is 12.6. The largest absolute Gasteiger partial charge is 0.494 e. The Morgan fingerprint density at radius 3 is 2.58 bits per heavy atom. The molecular weight excluding hydrogens is 307 g/mol. The summed E-state index contributed by atoms with van der Waals surface area (Å²) in [5, 5.41) is 0.646. The van der Waals surface area contributed by atoms with E-state index in [1.54, 1.807) is 6.07 Å². The van der Waals surface area contributed by atoms with Crippen LogP contribution in [0.2, 0.25) is 5.02 Å². The fourth-order valence-electron chi connectivity index (χ4n) is 0.782. The molecule has 0 heterocycles. The molecule has 0 bridgehead atoms. The van der Waals surface area contributed by atoms with Crippen molar-refractivity contribution in [3.8, 4) is 5.75 Å². The van der Waals surface area contributed by atoms with Crippen LogP contribution in [0.15, 0.2) is 21.1 Å². The minimum absolute atomic E-state index is 0.643. The summed E-state index contributed by atoms with van der Waals surface area (Å²) in [5.41, 5.74) is 0. The molecule has 1 aromatic rings. The maximum atomic E-state index is 5.90. The Morgan fingerprint density at radius 2 is 2.08 bits per heavy atom. The average Bonchev–Trinajstić information content (AvgIpc) is 2.01. The summed E-state index contributed by atoms with van der Waals surface area (Å²) in [6.45, 7) is 2.58. The SMILES string of the molecule is CCOc1cc(Cl)c(Br)c(Br)c1. The van der Waals surface area contributed by atoms with E-state index >= 15 is 0 Å². The molecule has 0 unspecified atom stereocenters. The van der Waals surface area contributed by atoms with Gasteiger partial charge < -0.3 is 4.74 Å². The van der Waals surface area contributed by atoms with Gasteiger partial charge in [-0.1, -0.05) is 11.6 Å². The number of rotatable bonds is 2. The van der Waals surface area contributed by atoms with Crippen LogP contribution in [0.3, 0.4) is 0 Å². The molecule has 0 aliphatic carbocycles. The first-order valence-electron chi connectivity index (χ1n) is 3.42. The van der Waals surface area contributed by atoms with Crippen LogP contribution in [0.4, 0.5) is 0 Å². The maximum Gasteiger partial charge on any atom is 0.121 e. The van der Waals surface area contributed by atoms with Crippen molar-refractivity contribution in [3.63, 3.8) is 0 Å². The van der Waals surface area contributed by atoms with E-state index in [1.807, 2.05) is 13.0 Å². The lowest BCUT2D eigenvalue weighted by molar-refractivity contribution is 0.340. The van der Waals surface area contributed by atoms with Crippen molar-refractivity contribution in [2.75, 3.05) is 6.61 Å². The normalized spacial score (nSPS) is 10.0. The zero-order valence-electron chi connectivity index (χ0n) is 6.40. The summed E-state index contributed by atoms with van der Waals surface area (Å²) in [5.74, 6) is 0.776. The molecule has 0 saturated heterocycles. The third kappa shape index (κ3) is 2.38. The third-order valence-corrected chi connectivity index (χ3v) is 3.81. The van der Waals surface area contributed by atoms with Crippen LogP contribution in [0.25, 0.3) is 0 Å². The molecule has 0 radical (unpaired) electrons. The summed E-state index contributed by atoms with van der Waals surface area (Å²) in [7, 11) is 0. The van der Waals surface area contributed by atoms with E-state index < -0.39 is 0 Å². The van der Waals surface area contributed by atoms with E-state index in [4.69, 9.17) is 16.3 Å². The van der Waals surface area contributed by atoms with E-state index in [0.717, 1.165) is 14.7 Å². The fourth-order valence-corrected chi connectivity index (χ4v) is 1.77. The molecule has 66 valence electrons. The van der Waals surface area contributed by atoms with Gasteiger partial charge in [0.2, 0.25) is 0 Å². The van der Waals surface area contributed by atoms with Crippen molar-refractivity contribution in [1.29, 1.82) is 0 Å². The Balaban J connectivity index is 3.04. The molecule has 0 N–H and O–H groups in total. The van der Waals surface area contributed by atoms with Crippen LogP contribution in [0, 0.1) is 0 Å². The summed E-state index contributed by atoms with van der Waals surface area (Å²) < 4.78 is 7.04. The molecular formula is C8H7Br2ClO. The molecule has 0 saturated carbocycles. The Labute approximate surface area is 93.3 Å². The van der Waals surface area contributed by atoms with Crippen molar-refractivity contribution in [2.45, 2.75) is 6.92 Å². The van der Waals surface area contributed by atoms with Crippen molar-refractivity contribution in [3.05, 3.63) is 26.1 Å². The smallest absolute Gasteiger partial charge is 0.121 e. The molecule has 0 atom stereocenters. The summed E-state index contributed by atoms with van der Waals surface area (Å²) in [6.07, 6.45) is 0. The number of halogens is 3. The monoisotopic (exact) mass is 312 g/mol. The molecule has 0 fully saturated rings. The van der Waals surface area contributed by atoms with Gasteiger partial charge in [-0.15, -0.1) is 0 Å². The molecule has 1 nitrogen and oxygen atoms in total. The average molecular weight is 314 g/mol. The first kappa shape index (κ1) is 10.4. The number of hydrogen-bond donors (Lipinski definition) is 0. The quantitative estimate of drug-likeness (QED) is 0.741. The Bertz CT molecular complexity index is 265. The lowest BCUT2D eigenvalue weighted by Crippen LogP contribution is -1.91. The maximum absolute atomic E-state index is 5.90. The van der Waals surface area contributed by atoms with E-state index in [-0.39, 0.29) is 0 Å². The van der Waals surface area contributed by atoms with Crippen molar-refractivity contribution < 1.29 is 4.74 Å². The molecule has 0 amide bonds. The van der Waals surface area contributed by atoms with Crippen LogP contribution in [0.5, 0.6) is 5.75 Å². The Hall–Kier alpha value is 0.270. The van der Waals surface area contributed by atoms with Gasteiger partial charge in [0.05, 0.1) is 16.1 Å².